The first kappa shape index (κ1) is 10.5. The fraction of sp³-hybridized carbons (Fsp3) is 0.400. The van der Waals surface area contributed by atoms with Crippen LogP contribution in [0.2, 0.25) is 0 Å². The van der Waals surface area contributed by atoms with E-state index in [4.69, 9.17) is 0 Å². The molecule has 0 aromatic heterocycles. The first-order chi connectivity index (χ1) is 6.06. The van der Waals surface area contributed by atoms with Crippen LogP contribution in [0.3, 0.4) is 0 Å². The van der Waals surface area contributed by atoms with E-state index < -0.39 is 0 Å². The molecule has 0 saturated heterocycles. The molecule has 1 aromatic rings. The SMILES string of the molecule is CNc1cc(F)c(C(C)C)c(Br)c1. The normalized spacial score (nSPS) is 10.6. The summed E-state index contributed by atoms with van der Waals surface area (Å²) in [6.45, 7) is 3.95. The molecular formula is C10H13BrFN. The Morgan fingerprint density at radius 1 is 1.38 bits per heavy atom. The summed E-state index contributed by atoms with van der Waals surface area (Å²) in [5, 5.41) is 2.90. The van der Waals surface area contributed by atoms with Crippen molar-refractivity contribution >= 4 is 21.6 Å². The van der Waals surface area contributed by atoms with E-state index in [0.29, 0.717) is 0 Å². The quantitative estimate of drug-likeness (QED) is 0.837. The van der Waals surface area contributed by atoms with Crippen molar-refractivity contribution in [2.24, 2.45) is 0 Å². The molecule has 0 fully saturated rings. The second-order valence-electron chi connectivity index (χ2n) is 3.26. The minimum Gasteiger partial charge on any atom is -0.388 e. The fourth-order valence-corrected chi connectivity index (χ4v) is 2.17. The van der Waals surface area contributed by atoms with Gasteiger partial charge in [0.25, 0.3) is 0 Å². The number of halogens is 2. The predicted octanol–water partition coefficient (Wildman–Crippen LogP) is 3.75. The first-order valence-electron chi connectivity index (χ1n) is 4.23. The first-order valence-corrected chi connectivity index (χ1v) is 5.02. The molecule has 0 aliphatic carbocycles. The summed E-state index contributed by atoms with van der Waals surface area (Å²) in [6.07, 6.45) is 0. The minimum absolute atomic E-state index is 0.159. The van der Waals surface area contributed by atoms with Gasteiger partial charge in [-0.1, -0.05) is 29.8 Å². The van der Waals surface area contributed by atoms with E-state index >= 15 is 0 Å². The molecule has 0 bridgehead atoms. The van der Waals surface area contributed by atoms with Gasteiger partial charge >= 0.3 is 0 Å². The van der Waals surface area contributed by atoms with Gasteiger partial charge in [-0.25, -0.2) is 4.39 Å². The highest BCUT2D eigenvalue weighted by atomic mass is 79.9. The summed E-state index contributed by atoms with van der Waals surface area (Å²) in [6, 6.07) is 3.40. The van der Waals surface area contributed by atoms with E-state index in [-0.39, 0.29) is 11.7 Å². The van der Waals surface area contributed by atoms with Crippen molar-refractivity contribution in [3.05, 3.63) is 28.0 Å². The lowest BCUT2D eigenvalue weighted by Gasteiger charge is -2.11. The van der Waals surface area contributed by atoms with Crippen LogP contribution < -0.4 is 5.32 Å². The maximum absolute atomic E-state index is 13.5. The Bertz CT molecular complexity index is 287. The standard InChI is InChI=1S/C10H13BrFN/c1-6(2)10-8(11)4-7(13-3)5-9(10)12/h4-6,13H,1-3H3. The number of hydrogen-bond donors (Lipinski definition) is 1. The van der Waals surface area contributed by atoms with Crippen LogP contribution in [0.25, 0.3) is 0 Å². The van der Waals surface area contributed by atoms with Crippen molar-refractivity contribution < 1.29 is 4.39 Å². The van der Waals surface area contributed by atoms with Crippen LogP contribution in [0.15, 0.2) is 16.6 Å². The summed E-state index contributed by atoms with van der Waals surface area (Å²) < 4.78 is 14.3. The van der Waals surface area contributed by atoms with Gasteiger partial charge in [0.1, 0.15) is 5.82 Å². The number of nitrogens with one attached hydrogen (secondary N) is 1. The average Bonchev–Trinajstić information content (AvgIpc) is 2.02. The van der Waals surface area contributed by atoms with E-state index in [1.54, 1.807) is 7.05 Å². The number of hydrogen-bond acceptors (Lipinski definition) is 1. The van der Waals surface area contributed by atoms with E-state index in [2.05, 4.69) is 21.2 Å². The molecule has 0 amide bonds. The van der Waals surface area contributed by atoms with Gasteiger partial charge in [-0.3, -0.25) is 0 Å². The number of anilines is 1. The van der Waals surface area contributed by atoms with Crippen LogP contribution in [-0.2, 0) is 0 Å². The van der Waals surface area contributed by atoms with E-state index in [9.17, 15) is 4.39 Å². The fourth-order valence-electron chi connectivity index (χ4n) is 1.28. The Kier molecular flexibility index (Phi) is 3.31. The zero-order valence-corrected chi connectivity index (χ0v) is 9.57. The van der Waals surface area contributed by atoms with E-state index in [0.717, 1.165) is 15.7 Å². The third-order valence-electron chi connectivity index (χ3n) is 1.95. The summed E-state index contributed by atoms with van der Waals surface area (Å²) in [7, 11) is 1.77. The van der Waals surface area contributed by atoms with Gasteiger partial charge in [-0.2, -0.15) is 0 Å². The van der Waals surface area contributed by atoms with Crippen LogP contribution in [0.5, 0.6) is 0 Å². The molecule has 1 rings (SSSR count). The molecule has 0 spiro atoms. The van der Waals surface area contributed by atoms with Gasteiger partial charge in [0.05, 0.1) is 0 Å². The van der Waals surface area contributed by atoms with Gasteiger partial charge in [0.15, 0.2) is 0 Å². The average molecular weight is 246 g/mol. The maximum atomic E-state index is 13.5. The molecule has 0 aliphatic heterocycles. The molecule has 13 heavy (non-hydrogen) atoms. The van der Waals surface area contributed by atoms with Gasteiger partial charge in [-0.15, -0.1) is 0 Å². The van der Waals surface area contributed by atoms with Crippen molar-refractivity contribution in [3.63, 3.8) is 0 Å². The lowest BCUT2D eigenvalue weighted by Crippen LogP contribution is -1.97. The largest absolute Gasteiger partial charge is 0.388 e. The van der Waals surface area contributed by atoms with Crippen molar-refractivity contribution in [1.82, 2.24) is 0 Å². The number of rotatable bonds is 2. The van der Waals surface area contributed by atoms with Crippen LogP contribution >= 0.6 is 15.9 Å². The zero-order chi connectivity index (χ0) is 10.0. The molecule has 0 unspecified atom stereocenters. The summed E-state index contributed by atoms with van der Waals surface area (Å²) in [5.74, 6) is 0.0361. The molecule has 1 nitrogen and oxygen atoms in total. The van der Waals surface area contributed by atoms with Crippen LogP contribution in [0.4, 0.5) is 10.1 Å². The van der Waals surface area contributed by atoms with Crippen LogP contribution in [-0.4, -0.2) is 7.05 Å². The second-order valence-corrected chi connectivity index (χ2v) is 4.11. The highest BCUT2D eigenvalue weighted by Crippen LogP contribution is 2.30. The predicted molar refractivity (Wildman–Crippen MR) is 57.7 cm³/mol. The maximum Gasteiger partial charge on any atom is 0.129 e. The molecule has 3 heteroatoms. The molecule has 0 atom stereocenters. The Morgan fingerprint density at radius 3 is 2.38 bits per heavy atom. The molecule has 1 N–H and O–H groups in total. The lowest BCUT2D eigenvalue weighted by molar-refractivity contribution is 0.597. The Hall–Kier alpha value is -0.570. The third kappa shape index (κ3) is 2.21. The molecule has 0 heterocycles. The van der Waals surface area contributed by atoms with E-state index in [1.165, 1.54) is 6.07 Å². The Balaban J connectivity index is 3.23. The van der Waals surface area contributed by atoms with Gasteiger partial charge in [0.2, 0.25) is 0 Å². The number of benzene rings is 1. The van der Waals surface area contributed by atoms with Crippen molar-refractivity contribution in [2.45, 2.75) is 19.8 Å². The van der Waals surface area contributed by atoms with Gasteiger partial charge < -0.3 is 5.32 Å². The highest BCUT2D eigenvalue weighted by Gasteiger charge is 2.11. The molecule has 1 aromatic carbocycles. The molecular weight excluding hydrogens is 233 g/mol. The second kappa shape index (κ2) is 4.09. The smallest absolute Gasteiger partial charge is 0.129 e. The van der Waals surface area contributed by atoms with E-state index in [1.807, 2.05) is 19.9 Å². The summed E-state index contributed by atoms with van der Waals surface area (Å²) >= 11 is 3.36. The van der Waals surface area contributed by atoms with Crippen molar-refractivity contribution in [1.29, 1.82) is 0 Å². The molecule has 0 aliphatic rings. The van der Waals surface area contributed by atoms with Crippen LogP contribution in [0, 0.1) is 5.82 Å². The Morgan fingerprint density at radius 2 is 2.00 bits per heavy atom. The summed E-state index contributed by atoms with van der Waals surface area (Å²) in [4.78, 5) is 0. The topological polar surface area (TPSA) is 12.0 Å². The lowest BCUT2D eigenvalue weighted by atomic mass is 10.0. The third-order valence-corrected chi connectivity index (χ3v) is 2.60. The molecule has 72 valence electrons. The highest BCUT2D eigenvalue weighted by molar-refractivity contribution is 9.10. The summed E-state index contributed by atoms with van der Waals surface area (Å²) in [5.41, 5.74) is 1.52. The molecule has 0 saturated carbocycles. The monoisotopic (exact) mass is 245 g/mol. The minimum atomic E-state index is -0.159. The Labute approximate surface area is 86.5 Å². The van der Waals surface area contributed by atoms with Crippen molar-refractivity contribution in [3.8, 4) is 0 Å². The zero-order valence-electron chi connectivity index (χ0n) is 7.99. The van der Waals surface area contributed by atoms with Crippen molar-refractivity contribution in [2.75, 3.05) is 12.4 Å². The van der Waals surface area contributed by atoms with Gasteiger partial charge in [-0.05, 0) is 18.1 Å². The van der Waals surface area contributed by atoms with Crippen LogP contribution in [0.1, 0.15) is 25.3 Å². The van der Waals surface area contributed by atoms with Gasteiger partial charge in [0, 0.05) is 22.8 Å². The molecule has 0 radical (unpaired) electrons.